The average molecular weight is 358 g/mol. The lowest BCUT2D eigenvalue weighted by Crippen LogP contribution is -2.32. The van der Waals surface area contributed by atoms with Gasteiger partial charge in [0, 0.05) is 24.8 Å². The fourth-order valence-electron chi connectivity index (χ4n) is 2.84. The van der Waals surface area contributed by atoms with Crippen LogP contribution in [-0.4, -0.2) is 34.0 Å². The summed E-state index contributed by atoms with van der Waals surface area (Å²) in [5, 5.41) is 3.36. The van der Waals surface area contributed by atoms with Crippen LogP contribution >= 0.6 is 11.6 Å². The van der Waals surface area contributed by atoms with Gasteiger partial charge in [-0.3, -0.25) is 0 Å². The highest BCUT2D eigenvalue weighted by Crippen LogP contribution is 2.32. The van der Waals surface area contributed by atoms with E-state index in [0.29, 0.717) is 39.1 Å². The number of likely N-dealkylation sites (tertiary alicyclic amines) is 1. The minimum Gasteiger partial charge on any atom is -0.434 e. The van der Waals surface area contributed by atoms with E-state index in [1.165, 1.54) is 6.20 Å². The highest BCUT2D eigenvalue weighted by molar-refractivity contribution is 6.33. The monoisotopic (exact) mass is 357 g/mol. The molecule has 0 aliphatic carbocycles. The minimum atomic E-state index is -0.113. The molecule has 3 aromatic rings. The molecule has 4 rings (SSSR count). The average Bonchev–Trinajstić information content (AvgIpc) is 3.25. The van der Waals surface area contributed by atoms with Gasteiger partial charge in [-0.05, 0) is 31.0 Å². The first kappa shape index (κ1) is 15.7. The molecule has 0 saturated carbocycles. The van der Waals surface area contributed by atoms with Crippen LogP contribution in [0.5, 0.6) is 0 Å². The zero-order valence-electron chi connectivity index (χ0n) is 13.3. The lowest BCUT2D eigenvalue weighted by molar-refractivity contribution is 0.222. The molecule has 1 aromatic carbocycles. The summed E-state index contributed by atoms with van der Waals surface area (Å²) in [6, 6.07) is 6.74. The number of pyridine rings is 1. The fraction of sp³-hybridized carbons (Fsp3) is 0.235. The number of urea groups is 1. The van der Waals surface area contributed by atoms with Gasteiger partial charge in [0.1, 0.15) is 0 Å². The van der Waals surface area contributed by atoms with E-state index < -0.39 is 0 Å². The number of hydrogen-bond donors (Lipinski definition) is 2. The van der Waals surface area contributed by atoms with Crippen LogP contribution in [0.2, 0.25) is 5.02 Å². The van der Waals surface area contributed by atoms with Crippen molar-refractivity contribution in [2.24, 2.45) is 0 Å². The van der Waals surface area contributed by atoms with Crippen molar-refractivity contribution in [2.45, 2.75) is 12.8 Å². The molecule has 3 N–H and O–H groups in total. The Morgan fingerprint density at radius 1 is 1.28 bits per heavy atom. The third-order valence-electron chi connectivity index (χ3n) is 4.11. The first-order chi connectivity index (χ1) is 12.1. The molecule has 8 heteroatoms. The molecule has 2 aromatic heterocycles. The molecule has 0 spiro atoms. The Kier molecular flexibility index (Phi) is 3.93. The molecule has 0 atom stereocenters. The summed E-state index contributed by atoms with van der Waals surface area (Å²) in [6.07, 6.45) is 3.60. The summed E-state index contributed by atoms with van der Waals surface area (Å²) >= 11 is 6.29. The number of nitrogens with two attached hydrogens (primary N) is 1. The van der Waals surface area contributed by atoms with E-state index in [4.69, 9.17) is 21.8 Å². The molecule has 7 nitrogen and oxygen atoms in total. The summed E-state index contributed by atoms with van der Waals surface area (Å²) in [7, 11) is 0. The summed E-state index contributed by atoms with van der Waals surface area (Å²) in [4.78, 5) is 22.5. The van der Waals surface area contributed by atoms with Crippen LogP contribution in [0.15, 0.2) is 34.9 Å². The molecule has 1 fully saturated rings. The van der Waals surface area contributed by atoms with Crippen LogP contribution in [0.3, 0.4) is 0 Å². The molecule has 25 heavy (non-hydrogen) atoms. The van der Waals surface area contributed by atoms with Gasteiger partial charge in [-0.1, -0.05) is 11.6 Å². The molecule has 0 unspecified atom stereocenters. The highest BCUT2D eigenvalue weighted by Gasteiger charge is 2.19. The van der Waals surface area contributed by atoms with Gasteiger partial charge in [0.05, 0.1) is 22.5 Å². The smallest absolute Gasteiger partial charge is 0.321 e. The maximum atomic E-state index is 12.2. The molecular formula is C17H16ClN5O2. The Morgan fingerprint density at radius 3 is 2.88 bits per heavy atom. The van der Waals surface area contributed by atoms with Gasteiger partial charge in [-0.25, -0.2) is 9.78 Å². The van der Waals surface area contributed by atoms with E-state index in [1.807, 2.05) is 0 Å². The summed E-state index contributed by atoms with van der Waals surface area (Å²) < 4.78 is 5.71. The predicted octanol–water partition coefficient (Wildman–Crippen LogP) is 3.75. The van der Waals surface area contributed by atoms with Crippen LogP contribution in [-0.2, 0) is 0 Å². The zero-order chi connectivity index (χ0) is 17.4. The maximum Gasteiger partial charge on any atom is 0.321 e. The van der Waals surface area contributed by atoms with Gasteiger partial charge in [0.15, 0.2) is 11.2 Å². The van der Waals surface area contributed by atoms with E-state index >= 15 is 0 Å². The van der Waals surface area contributed by atoms with Crippen molar-refractivity contribution in [3.8, 4) is 11.5 Å². The lowest BCUT2D eigenvalue weighted by Gasteiger charge is -2.16. The molecule has 1 aliphatic heterocycles. The third-order valence-corrected chi connectivity index (χ3v) is 4.44. The number of amides is 2. The number of anilines is 2. The van der Waals surface area contributed by atoms with Crippen molar-refractivity contribution < 1.29 is 9.21 Å². The largest absolute Gasteiger partial charge is 0.434 e. The van der Waals surface area contributed by atoms with E-state index in [1.54, 1.807) is 29.2 Å². The van der Waals surface area contributed by atoms with Gasteiger partial charge < -0.3 is 20.4 Å². The number of nitrogens with one attached hydrogen (secondary N) is 1. The maximum absolute atomic E-state index is 12.2. The normalized spacial score (nSPS) is 14.2. The molecule has 1 aliphatic rings. The molecule has 0 radical (unpaired) electrons. The Morgan fingerprint density at radius 2 is 2.08 bits per heavy atom. The van der Waals surface area contributed by atoms with E-state index in [-0.39, 0.29) is 6.03 Å². The molecule has 1 saturated heterocycles. The van der Waals surface area contributed by atoms with Crippen LogP contribution in [0.1, 0.15) is 12.8 Å². The van der Waals surface area contributed by atoms with Crippen LogP contribution in [0.25, 0.3) is 22.7 Å². The number of benzene rings is 1. The Bertz CT molecular complexity index is 949. The Balaban J connectivity index is 1.65. The van der Waals surface area contributed by atoms with Gasteiger partial charge in [-0.15, -0.1) is 0 Å². The predicted molar refractivity (Wildman–Crippen MR) is 96.5 cm³/mol. The fourth-order valence-corrected chi connectivity index (χ4v) is 3.04. The zero-order valence-corrected chi connectivity index (χ0v) is 14.1. The standard InChI is InChI=1S/C17H16ClN5O2/c18-13-4-3-11(21-17(24)23-5-1-2-6-23)8-12(13)16-22-15-14(25-16)7-10(19)9-20-15/h3-4,7-9H,1-2,5-6,19H2,(H,21,24). The van der Waals surface area contributed by atoms with E-state index in [9.17, 15) is 4.79 Å². The number of rotatable bonds is 2. The van der Waals surface area contributed by atoms with Crippen molar-refractivity contribution in [1.82, 2.24) is 14.9 Å². The second-order valence-corrected chi connectivity index (χ2v) is 6.34. The molecule has 0 bridgehead atoms. The number of nitrogens with zero attached hydrogens (tertiary/aromatic N) is 3. The Hall–Kier alpha value is -2.80. The topological polar surface area (TPSA) is 97.3 Å². The minimum absolute atomic E-state index is 0.113. The van der Waals surface area contributed by atoms with Crippen molar-refractivity contribution >= 4 is 40.2 Å². The van der Waals surface area contributed by atoms with Gasteiger partial charge in [0.2, 0.25) is 5.89 Å². The van der Waals surface area contributed by atoms with E-state index in [2.05, 4.69) is 15.3 Å². The number of halogens is 1. The number of carbonyl (C=O) groups excluding carboxylic acids is 1. The number of oxazole rings is 1. The number of aromatic nitrogens is 2. The number of fused-ring (bicyclic) bond motifs is 1. The lowest BCUT2D eigenvalue weighted by atomic mass is 10.2. The number of nitrogen functional groups attached to an aromatic ring is 1. The highest BCUT2D eigenvalue weighted by atomic mass is 35.5. The van der Waals surface area contributed by atoms with Crippen LogP contribution in [0, 0.1) is 0 Å². The second-order valence-electron chi connectivity index (χ2n) is 5.93. The van der Waals surface area contributed by atoms with E-state index in [0.717, 1.165) is 25.9 Å². The third kappa shape index (κ3) is 3.10. The van der Waals surface area contributed by atoms with Gasteiger partial charge >= 0.3 is 6.03 Å². The molecule has 2 amide bonds. The molecular weight excluding hydrogens is 342 g/mol. The van der Waals surface area contributed by atoms with Gasteiger partial charge in [0.25, 0.3) is 0 Å². The first-order valence-electron chi connectivity index (χ1n) is 7.98. The van der Waals surface area contributed by atoms with Crippen molar-refractivity contribution in [3.05, 3.63) is 35.5 Å². The molecule has 3 heterocycles. The quantitative estimate of drug-likeness (QED) is 0.727. The van der Waals surface area contributed by atoms with Crippen molar-refractivity contribution in [3.63, 3.8) is 0 Å². The summed E-state index contributed by atoms with van der Waals surface area (Å²) in [5.74, 6) is 0.329. The van der Waals surface area contributed by atoms with Crippen molar-refractivity contribution in [1.29, 1.82) is 0 Å². The van der Waals surface area contributed by atoms with Gasteiger partial charge in [-0.2, -0.15) is 4.98 Å². The first-order valence-corrected chi connectivity index (χ1v) is 8.36. The summed E-state index contributed by atoms with van der Waals surface area (Å²) in [6.45, 7) is 1.56. The SMILES string of the molecule is Nc1cnc2nc(-c3cc(NC(=O)N4CCCC4)ccc3Cl)oc2c1. The number of carbonyl (C=O) groups is 1. The Labute approximate surface area is 148 Å². The van der Waals surface area contributed by atoms with Crippen molar-refractivity contribution in [2.75, 3.05) is 24.1 Å². The number of hydrogen-bond acceptors (Lipinski definition) is 5. The second kappa shape index (κ2) is 6.25. The van der Waals surface area contributed by atoms with Crippen LogP contribution in [0.4, 0.5) is 16.2 Å². The summed E-state index contributed by atoms with van der Waals surface area (Å²) in [5.41, 5.74) is 8.35. The molecule has 128 valence electrons. The van der Waals surface area contributed by atoms with Crippen LogP contribution < -0.4 is 11.1 Å².